The van der Waals surface area contributed by atoms with Gasteiger partial charge in [-0.3, -0.25) is 0 Å². The van der Waals surface area contributed by atoms with E-state index in [4.69, 9.17) is 10.5 Å². The van der Waals surface area contributed by atoms with E-state index in [-0.39, 0.29) is 17.6 Å². The summed E-state index contributed by atoms with van der Waals surface area (Å²) in [5, 5.41) is 10.9. The molecule has 1 saturated carbocycles. The molecule has 0 amide bonds. The summed E-state index contributed by atoms with van der Waals surface area (Å²) in [6.45, 7) is 9.40. The Kier molecular flexibility index (Phi) is 3.69. The summed E-state index contributed by atoms with van der Waals surface area (Å²) >= 11 is 0. The monoisotopic (exact) mass is 316 g/mol. The molecule has 0 spiro atoms. The Morgan fingerprint density at radius 2 is 2.26 bits per heavy atom. The molecule has 124 valence electrons. The molecule has 23 heavy (non-hydrogen) atoms. The van der Waals surface area contributed by atoms with E-state index in [2.05, 4.69) is 28.0 Å². The van der Waals surface area contributed by atoms with Gasteiger partial charge in [0.05, 0.1) is 11.5 Å². The first-order chi connectivity index (χ1) is 10.7. The van der Waals surface area contributed by atoms with Crippen LogP contribution in [0.25, 0.3) is 11.0 Å². The fraction of sp³-hybridized carbons (Fsp3) is 0.529. The maximum absolute atomic E-state index is 10.0. The van der Waals surface area contributed by atoms with Crippen LogP contribution in [0.4, 0.5) is 5.82 Å². The molecule has 2 aromatic heterocycles. The molecule has 6 heteroatoms. The van der Waals surface area contributed by atoms with Gasteiger partial charge in [0.2, 0.25) is 0 Å². The SMILES string of the molecule is C=C[C@@]1(C)CC(n2ccc3c(N)ncnc32)C[C@@H]1OC(C)(C)O. The predicted octanol–water partition coefficient (Wildman–Crippen LogP) is 2.65. The molecule has 3 rings (SSSR count). The Bertz CT molecular complexity index is 734. The minimum atomic E-state index is -1.17. The number of aliphatic hydroxyl groups is 1. The second-order valence-electron chi connectivity index (χ2n) is 7.08. The highest BCUT2D eigenvalue weighted by molar-refractivity contribution is 5.86. The molecule has 3 atom stereocenters. The topological polar surface area (TPSA) is 86.2 Å². The maximum atomic E-state index is 10.0. The Hall–Kier alpha value is -1.92. The van der Waals surface area contributed by atoms with Gasteiger partial charge in [0.25, 0.3) is 0 Å². The lowest BCUT2D eigenvalue weighted by molar-refractivity contribution is -0.218. The zero-order valence-electron chi connectivity index (χ0n) is 13.9. The lowest BCUT2D eigenvalue weighted by atomic mass is 9.86. The van der Waals surface area contributed by atoms with E-state index in [1.165, 1.54) is 6.33 Å². The van der Waals surface area contributed by atoms with E-state index in [0.717, 1.165) is 23.9 Å². The van der Waals surface area contributed by atoms with Gasteiger partial charge < -0.3 is 20.1 Å². The number of ether oxygens (including phenoxy) is 1. The van der Waals surface area contributed by atoms with Crippen LogP contribution >= 0.6 is 0 Å². The normalized spacial score (nSPS) is 28.3. The second kappa shape index (κ2) is 5.32. The van der Waals surface area contributed by atoms with Crippen molar-refractivity contribution in [1.29, 1.82) is 0 Å². The Morgan fingerprint density at radius 3 is 2.91 bits per heavy atom. The molecule has 6 nitrogen and oxygen atoms in total. The minimum absolute atomic E-state index is 0.110. The van der Waals surface area contributed by atoms with Gasteiger partial charge in [0.15, 0.2) is 5.79 Å². The molecule has 3 N–H and O–H groups in total. The lowest BCUT2D eigenvalue weighted by Gasteiger charge is -2.32. The van der Waals surface area contributed by atoms with Crippen LogP contribution in [0.1, 0.15) is 39.7 Å². The summed E-state index contributed by atoms with van der Waals surface area (Å²) in [7, 11) is 0. The van der Waals surface area contributed by atoms with Crippen molar-refractivity contribution in [3.63, 3.8) is 0 Å². The molecular weight excluding hydrogens is 292 g/mol. The number of nitrogen functional groups attached to an aromatic ring is 1. The molecule has 0 bridgehead atoms. The third-order valence-corrected chi connectivity index (χ3v) is 4.73. The molecule has 1 fully saturated rings. The molecule has 1 aliphatic rings. The van der Waals surface area contributed by atoms with E-state index in [1.54, 1.807) is 13.8 Å². The first kappa shape index (κ1) is 16.0. The van der Waals surface area contributed by atoms with Crippen molar-refractivity contribution in [1.82, 2.24) is 14.5 Å². The number of hydrogen-bond donors (Lipinski definition) is 2. The summed E-state index contributed by atoms with van der Waals surface area (Å²) < 4.78 is 8.01. The van der Waals surface area contributed by atoms with Gasteiger partial charge in [-0.15, -0.1) is 6.58 Å². The summed E-state index contributed by atoms with van der Waals surface area (Å²) in [4.78, 5) is 8.41. The van der Waals surface area contributed by atoms with Crippen molar-refractivity contribution in [2.24, 2.45) is 5.41 Å². The highest BCUT2D eigenvalue weighted by Gasteiger charge is 2.45. The van der Waals surface area contributed by atoms with Crippen molar-refractivity contribution in [3.05, 3.63) is 31.2 Å². The summed E-state index contributed by atoms with van der Waals surface area (Å²) in [6.07, 6.45) is 6.95. The van der Waals surface area contributed by atoms with Crippen molar-refractivity contribution in [3.8, 4) is 0 Å². The van der Waals surface area contributed by atoms with Crippen LogP contribution in [0, 0.1) is 5.41 Å². The molecule has 0 aliphatic heterocycles. The third-order valence-electron chi connectivity index (χ3n) is 4.73. The average Bonchev–Trinajstić information content (AvgIpc) is 3.01. The van der Waals surface area contributed by atoms with E-state index < -0.39 is 5.79 Å². The standard InChI is InChI=1S/C17H24N4O2/c1-5-17(4)9-11(8-13(17)23-16(2,3)22)21-7-6-12-14(18)19-10-20-15(12)21/h5-7,10-11,13,22H,1,8-9H2,2-4H3,(H2,18,19,20)/t11?,13-,17-/m0/s1. The fourth-order valence-electron chi connectivity index (χ4n) is 3.48. The zero-order chi connectivity index (χ0) is 16.8. The molecular formula is C17H24N4O2. The lowest BCUT2D eigenvalue weighted by Crippen LogP contribution is -2.36. The van der Waals surface area contributed by atoms with Crippen molar-refractivity contribution < 1.29 is 9.84 Å². The molecule has 1 unspecified atom stereocenters. The van der Waals surface area contributed by atoms with Crippen LogP contribution < -0.4 is 5.73 Å². The van der Waals surface area contributed by atoms with Gasteiger partial charge in [-0.2, -0.15) is 0 Å². The van der Waals surface area contributed by atoms with Gasteiger partial charge in [-0.1, -0.05) is 13.0 Å². The zero-order valence-corrected chi connectivity index (χ0v) is 13.9. The van der Waals surface area contributed by atoms with Crippen molar-refractivity contribution in [2.75, 3.05) is 5.73 Å². The fourth-order valence-corrected chi connectivity index (χ4v) is 3.48. The molecule has 0 saturated heterocycles. The van der Waals surface area contributed by atoms with Crippen LogP contribution in [-0.4, -0.2) is 31.5 Å². The van der Waals surface area contributed by atoms with E-state index in [0.29, 0.717) is 5.82 Å². The number of nitrogens with zero attached hydrogens (tertiary/aromatic N) is 3. The molecule has 1 aliphatic carbocycles. The average molecular weight is 316 g/mol. The Morgan fingerprint density at radius 1 is 1.52 bits per heavy atom. The smallest absolute Gasteiger partial charge is 0.160 e. The highest BCUT2D eigenvalue weighted by atomic mass is 16.6. The second-order valence-corrected chi connectivity index (χ2v) is 7.08. The van der Waals surface area contributed by atoms with Crippen LogP contribution in [0.15, 0.2) is 31.2 Å². The molecule has 0 radical (unpaired) electrons. The first-order valence-corrected chi connectivity index (χ1v) is 7.84. The van der Waals surface area contributed by atoms with Gasteiger partial charge >= 0.3 is 0 Å². The summed E-state index contributed by atoms with van der Waals surface area (Å²) in [5.74, 6) is -0.683. The largest absolute Gasteiger partial charge is 0.383 e. The van der Waals surface area contributed by atoms with Crippen LogP contribution in [-0.2, 0) is 4.74 Å². The predicted molar refractivity (Wildman–Crippen MR) is 89.7 cm³/mol. The minimum Gasteiger partial charge on any atom is -0.383 e. The van der Waals surface area contributed by atoms with E-state index in [1.807, 2.05) is 18.3 Å². The van der Waals surface area contributed by atoms with E-state index in [9.17, 15) is 5.11 Å². The maximum Gasteiger partial charge on any atom is 0.160 e. The van der Waals surface area contributed by atoms with Crippen molar-refractivity contribution in [2.45, 2.75) is 51.5 Å². The van der Waals surface area contributed by atoms with Crippen LogP contribution in [0.3, 0.4) is 0 Å². The first-order valence-electron chi connectivity index (χ1n) is 7.84. The molecule has 0 aromatic carbocycles. The number of hydrogen-bond acceptors (Lipinski definition) is 5. The molecule has 2 heterocycles. The Labute approximate surface area is 136 Å². The highest BCUT2D eigenvalue weighted by Crippen LogP contribution is 2.48. The number of aromatic nitrogens is 3. The van der Waals surface area contributed by atoms with Gasteiger partial charge in [-0.25, -0.2) is 9.97 Å². The number of nitrogens with two attached hydrogens (primary N) is 1. The molecule has 2 aromatic rings. The van der Waals surface area contributed by atoms with Gasteiger partial charge in [0.1, 0.15) is 17.8 Å². The quantitative estimate of drug-likeness (QED) is 0.669. The Balaban J connectivity index is 1.95. The van der Waals surface area contributed by atoms with Gasteiger partial charge in [-0.05, 0) is 32.8 Å². The van der Waals surface area contributed by atoms with Gasteiger partial charge in [0, 0.05) is 17.7 Å². The number of fused-ring (bicyclic) bond motifs is 1. The summed E-state index contributed by atoms with van der Waals surface area (Å²) in [6, 6.07) is 2.15. The van der Waals surface area contributed by atoms with Crippen molar-refractivity contribution >= 4 is 16.9 Å². The van der Waals surface area contributed by atoms with Crippen LogP contribution in [0.2, 0.25) is 0 Å². The summed E-state index contributed by atoms with van der Waals surface area (Å²) in [5.41, 5.74) is 6.54. The van der Waals surface area contributed by atoms with Crippen LogP contribution in [0.5, 0.6) is 0 Å². The third kappa shape index (κ3) is 2.84. The van der Waals surface area contributed by atoms with E-state index >= 15 is 0 Å². The number of rotatable bonds is 4. The number of anilines is 1.